The summed E-state index contributed by atoms with van der Waals surface area (Å²) < 4.78 is 43.1. The van der Waals surface area contributed by atoms with Gasteiger partial charge in [-0.1, -0.05) is 103 Å². The van der Waals surface area contributed by atoms with Gasteiger partial charge in [0.25, 0.3) is 10.0 Å². The van der Waals surface area contributed by atoms with Gasteiger partial charge in [-0.25, -0.2) is 12.8 Å². The summed E-state index contributed by atoms with van der Waals surface area (Å²) in [7, 11) is -4.38. The summed E-state index contributed by atoms with van der Waals surface area (Å²) in [5.74, 6) is -1.79. The highest BCUT2D eigenvalue weighted by Crippen LogP contribution is 2.30. The molecule has 2 amide bonds. The molecule has 4 aromatic carbocycles. The number of hydrogen-bond acceptors (Lipinski definition) is 4. The molecule has 0 saturated heterocycles. The lowest BCUT2D eigenvalue weighted by molar-refractivity contribution is -0.140. The number of nitrogens with zero attached hydrogens (tertiary/aromatic N) is 2. The molecule has 12 heteroatoms. The van der Waals surface area contributed by atoms with E-state index < -0.39 is 40.2 Å². The maximum atomic E-state index is 14.5. The first kappa shape index (κ1) is 35.2. The van der Waals surface area contributed by atoms with Crippen LogP contribution in [0.4, 0.5) is 10.1 Å². The smallest absolute Gasteiger partial charge is 0.264 e. The van der Waals surface area contributed by atoms with Crippen molar-refractivity contribution in [2.24, 2.45) is 5.92 Å². The van der Waals surface area contributed by atoms with Crippen LogP contribution in [0.2, 0.25) is 15.1 Å². The number of nitrogens with one attached hydrogen (secondary N) is 1. The molecule has 0 radical (unpaired) electrons. The van der Waals surface area contributed by atoms with Crippen molar-refractivity contribution < 1.29 is 22.4 Å². The average Bonchev–Trinajstić information content (AvgIpc) is 3.03. The Balaban J connectivity index is 1.84. The zero-order valence-electron chi connectivity index (χ0n) is 25.2. The second-order valence-corrected chi connectivity index (χ2v) is 14.1. The summed E-state index contributed by atoms with van der Waals surface area (Å²) in [5, 5.41) is 3.13. The Morgan fingerprint density at radius 3 is 2.02 bits per heavy atom. The normalized spacial score (nSPS) is 12.1. The Labute approximate surface area is 283 Å². The standard InChI is InChI=1S/C34H33Cl3FN3O4S/c1-23(2)20-39-34(43)32(18-24-10-5-3-6-11-24)40(21-27-28(35)14-9-15-29(27)36)33(42)22-41(25-16-17-31(38)30(37)19-25)46(44,45)26-12-7-4-8-13-26/h3-17,19,23,32H,18,20-22H2,1-2H3,(H,39,43)/t32-/m1/s1. The van der Waals surface area contributed by atoms with Crippen molar-refractivity contribution in [2.45, 2.75) is 37.8 Å². The molecule has 0 aliphatic carbocycles. The molecule has 4 aromatic rings. The molecule has 0 aliphatic heterocycles. The molecule has 0 saturated carbocycles. The van der Waals surface area contributed by atoms with Gasteiger partial charge in [-0.3, -0.25) is 13.9 Å². The fraction of sp³-hybridized carbons (Fsp3) is 0.235. The van der Waals surface area contributed by atoms with Gasteiger partial charge in [0.2, 0.25) is 11.8 Å². The third kappa shape index (κ3) is 8.79. The fourth-order valence-corrected chi connectivity index (χ4v) is 6.84. The Morgan fingerprint density at radius 2 is 1.43 bits per heavy atom. The van der Waals surface area contributed by atoms with E-state index in [1.54, 1.807) is 36.4 Å². The molecule has 0 spiro atoms. The van der Waals surface area contributed by atoms with E-state index in [1.165, 1.54) is 23.1 Å². The molecular formula is C34H33Cl3FN3O4S. The number of benzene rings is 4. The first-order valence-corrected chi connectivity index (χ1v) is 17.0. The molecule has 1 atom stereocenters. The minimum absolute atomic E-state index is 0.0387. The second kappa shape index (κ2) is 15.8. The molecule has 242 valence electrons. The highest BCUT2D eigenvalue weighted by Gasteiger charge is 2.35. The van der Waals surface area contributed by atoms with Crippen molar-refractivity contribution >= 4 is 62.3 Å². The molecule has 0 fully saturated rings. The maximum absolute atomic E-state index is 14.5. The van der Waals surface area contributed by atoms with Crippen molar-refractivity contribution in [1.82, 2.24) is 10.2 Å². The van der Waals surface area contributed by atoms with E-state index in [4.69, 9.17) is 34.8 Å². The van der Waals surface area contributed by atoms with E-state index in [9.17, 15) is 22.4 Å². The van der Waals surface area contributed by atoms with Crippen LogP contribution >= 0.6 is 34.8 Å². The van der Waals surface area contributed by atoms with Crippen LogP contribution in [-0.4, -0.2) is 44.3 Å². The highest BCUT2D eigenvalue weighted by molar-refractivity contribution is 7.92. The number of sulfonamides is 1. The topological polar surface area (TPSA) is 86.8 Å². The number of anilines is 1. The molecule has 0 unspecified atom stereocenters. The van der Waals surface area contributed by atoms with Crippen LogP contribution in [0.3, 0.4) is 0 Å². The second-order valence-electron chi connectivity index (χ2n) is 11.0. The first-order valence-electron chi connectivity index (χ1n) is 14.4. The molecule has 7 nitrogen and oxygen atoms in total. The summed E-state index contributed by atoms with van der Waals surface area (Å²) in [6.07, 6.45) is 0.117. The van der Waals surface area contributed by atoms with Crippen LogP contribution in [0.15, 0.2) is 102 Å². The van der Waals surface area contributed by atoms with E-state index in [-0.39, 0.29) is 44.5 Å². The molecule has 0 aliphatic rings. The zero-order valence-corrected chi connectivity index (χ0v) is 28.3. The predicted molar refractivity (Wildman–Crippen MR) is 181 cm³/mol. The summed E-state index contributed by atoms with van der Waals surface area (Å²) in [6.45, 7) is 3.29. The number of carbonyl (C=O) groups is 2. The Hall–Kier alpha value is -3.63. The van der Waals surface area contributed by atoms with Crippen LogP contribution in [0.5, 0.6) is 0 Å². The minimum atomic E-state index is -4.38. The zero-order chi connectivity index (χ0) is 33.4. The lowest BCUT2D eigenvalue weighted by atomic mass is 10.0. The fourth-order valence-electron chi connectivity index (χ4n) is 4.72. The van der Waals surface area contributed by atoms with Crippen LogP contribution in [0.1, 0.15) is 25.0 Å². The van der Waals surface area contributed by atoms with Gasteiger partial charge in [0.05, 0.1) is 15.6 Å². The van der Waals surface area contributed by atoms with E-state index >= 15 is 0 Å². The lowest BCUT2D eigenvalue weighted by Crippen LogP contribution is -2.53. The van der Waals surface area contributed by atoms with E-state index in [0.717, 1.165) is 22.0 Å². The van der Waals surface area contributed by atoms with Crippen molar-refractivity contribution in [3.05, 3.63) is 129 Å². The van der Waals surface area contributed by atoms with Crippen molar-refractivity contribution in [3.63, 3.8) is 0 Å². The van der Waals surface area contributed by atoms with Gasteiger partial charge < -0.3 is 10.2 Å². The van der Waals surface area contributed by atoms with Crippen molar-refractivity contribution in [2.75, 3.05) is 17.4 Å². The van der Waals surface area contributed by atoms with Gasteiger partial charge in [-0.2, -0.15) is 0 Å². The highest BCUT2D eigenvalue weighted by atomic mass is 35.5. The molecule has 4 rings (SSSR count). The molecule has 46 heavy (non-hydrogen) atoms. The Morgan fingerprint density at radius 1 is 0.826 bits per heavy atom. The largest absolute Gasteiger partial charge is 0.354 e. The molecule has 0 heterocycles. The Bertz CT molecular complexity index is 1760. The molecule has 0 bridgehead atoms. The lowest BCUT2D eigenvalue weighted by Gasteiger charge is -2.34. The quantitative estimate of drug-likeness (QED) is 0.157. The maximum Gasteiger partial charge on any atom is 0.264 e. The van der Waals surface area contributed by atoms with Crippen LogP contribution < -0.4 is 9.62 Å². The number of halogens is 4. The van der Waals surface area contributed by atoms with Gasteiger partial charge in [0, 0.05) is 35.1 Å². The summed E-state index contributed by atoms with van der Waals surface area (Å²) in [6, 6.07) is 23.8. The SMILES string of the molecule is CC(C)CNC(=O)[C@@H](Cc1ccccc1)N(Cc1c(Cl)cccc1Cl)C(=O)CN(c1ccc(F)c(Cl)c1)S(=O)(=O)c1ccccc1. The van der Waals surface area contributed by atoms with Gasteiger partial charge in [-0.05, 0) is 53.9 Å². The van der Waals surface area contributed by atoms with Gasteiger partial charge in [-0.15, -0.1) is 0 Å². The van der Waals surface area contributed by atoms with Crippen LogP contribution in [0.25, 0.3) is 0 Å². The third-order valence-corrected chi connectivity index (χ3v) is 9.93. The van der Waals surface area contributed by atoms with E-state index in [2.05, 4.69) is 5.32 Å². The minimum Gasteiger partial charge on any atom is -0.354 e. The van der Waals surface area contributed by atoms with Crippen molar-refractivity contribution in [3.8, 4) is 0 Å². The number of amides is 2. The van der Waals surface area contributed by atoms with E-state index in [0.29, 0.717) is 12.1 Å². The molecule has 1 N–H and O–H groups in total. The monoisotopic (exact) mass is 703 g/mol. The summed E-state index contributed by atoms with van der Waals surface area (Å²) >= 11 is 19.1. The Kier molecular flexibility index (Phi) is 12.1. The average molecular weight is 705 g/mol. The van der Waals surface area contributed by atoms with Crippen molar-refractivity contribution in [1.29, 1.82) is 0 Å². The summed E-state index contributed by atoms with van der Waals surface area (Å²) in [5.41, 5.74) is 1.12. The number of hydrogen-bond donors (Lipinski definition) is 1. The van der Waals surface area contributed by atoms with Gasteiger partial charge in [0.15, 0.2) is 0 Å². The molecule has 0 aromatic heterocycles. The van der Waals surface area contributed by atoms with Gasteiger partial charge >= 0.3 is 0 Å². The summed E-state index contributed by atoms with van der Waals surface area (Å²) in [4.78, 5) is 29.5. The molecular weight excluding hydrogens is 672 g/mol. The first-order chi connectivity index (χ1) is 21.9. The third-order valence-electron chi connectivity index (χ3n) is 7.15. The number of carbonyl (C=O) groups excluding carboxylic acids is 2. The predicted octanol–water partition coefficient (Wildman–Crippen LogP) is 7.39. The van der Waals surface area contributed by atoms with E-state index in [1.807, 2.05) is 44.2 Å². The van der Waals surface area contributed by atoms with Gasteiger partial charge in [0.1, 0.15) is 18.4 Å². The van der Waals surface area contributed by atoms with Crippen LogP contribution in [0, 0.1) is 11.7 Å². The number of rotatable bonds is 13. The van der Waals surface area contributed by atoms with Crippen LogP contribution in [-0.2, 0) is 32.6 Å².